The second-order valence-corrected chi connectivity index (χ2v) is 8.98. The highest BCUT2D eigenvalue weighted by Gasteiger charge is 2.23. The molecule has 2 aromatic rings. The summed E-state index contributed by atoms with van der Waals surface area (Å²) in [5.74, 6) is 2.05. The van der Waals surface area contributed by atoms with Gasteiger partial charge < -0.3 is 33.5 Å². The number of hydrogen-bond acceptors (Lipinski definition) is 7. The predicted molar refractivity (Wildman–Crippen MR) is 152 cm³/mol. The zero-order chi connectivity index (χ0) is 27.9. The highest BCUT2D eigenvalue weighted by molar-refractivity contribution is 5.47. The number of aliphatic hydroxyl groups excluding tert-OH is 1. The topological polar surface area (TPSA) is 78.9 Å². The molecule has 3 rings (SSSR count). The van der Waals surface area contributed by atoms with Crippen molar-refractivity contribution in [1.82, 2.24) is 0 Å². The smallest absolute Gasteiger partial charge is 0.188 e. The zero-order valence-electron chi connectivity index (χ0n) is 22.9. The summed E-state index contributed by atoms with van der Waals surface area (Å²) in [5.41, 5.74) is 3.00. The van der Waals surface area contributed by atoms with Gasteiger partial charge in [0.05, 0.1) is 19.8 Å². The molecule has 0 aromatic heterocycles. The maximum Gasteiger partial charge on any atom is 0.188 e. The Bertz CT molecular complexity index is 1070. The fraction of sp³-hybridized carbons (Fsp3) is 0.375. The molecule has 1 heterocycles. The van der Waals surface area contributed by atoms with Gasteiger partial charge >= 0.3 is 0 Å². The van der Waals surface area contributed by atoms with Gasteiger partial charge in [-0.1, -0.05) is 43.0 Å². The SMILES string of the molecule is C=CCOCC(O)COc1ccc(C(C(=C)/C=C\C(=C/C)OCOCC)c2ccc(OCC3CO3)cc2)cc1. The number of benzene rings is 2. The van der Waals surface area contributed by atoms with Crippen LogP contribution in [0.1, 0.15) is 30.9 Å². The molecule has 0 aliphatic carbocycles. The van der Waals surface area contributed by atoms with E-state index in [9.17, 15) is 5.11 Å². The van der Waals surface area contributed by atoms with Crippen molar-refractivity contribution in [3.63, 3.8) is 0 Å². The van der Waals surface area contributed by atoms with Gasteiger partial charge in [0.2, 0.25) is 0 Å². The van der Waals surface area contributed by atoms with Crippen LogP contribution in [0.15, 0.2) is 97.3 Å². The third-order valence-corrected chi connectivity index (χ3v) is 5.88. The number of ether oxygens (including phenoxy) is 6. The normalized spacial score (nSPS) is 16.5. The van der Waals surface area contributed by atoms with Crippen LogP contribution in [-0.4, -0.2) is 63.7 Å². The number of aliphatic hydroxyl groups is 1. The van der Waals surface area contributed by atoms with Gasteiger partial charge in [-0.25, -0.2) is 0 Å². The summed E-state index contributed by atoms with van der Waals surface area (Å²) in [6.45, 7) is 14.6. The Morgan fingerprint density at radius 2 is 1.64 bits per heavy atom. The minimum Gasteiger partial charge on any atom is -0.491 e. The molecule has 2 aromatic carbocycles. The first-order valence-corrected chi connectivity index (χ1v) is 13.2. The third-order valence-electron chi connectivity index (χ3n) is 5.88. The molecule has 1 aliphatic heterocycles. The van der Waals surface area contributed by atoms with Crippen molar-refractivity contribution in [1.29, 1.82) is 0 Å². The number of hydrogen-bond donors (Lipinski definition) is 1. The van der Waals surface area contributed by atoms with E-state index in [4.69, 9.17) is 28.4 Å². The molecule has 3 unspecified atom stereocenters. The van der Waals surface area contributed by atoms with E-state index in [-0.39, 0.29) is 32.0 Å². The molecule has 1 N–H and O–H groups in total. The van der Waals surface area contributed by atoms with Crippen molar-refractivity contribution in [2.75, 3.05) is 46.4 Å². The lowest BCUT2D eigenvalue weighted by atomic mass is 9.85. The summed E-state index contributed by atoms with van der Waals surface area (Å²) in [5, 5.41) is 10.0. The van der Waals surface area contributed by atoms with Crippen LogP contribution in [0.2, 0.25) is 0 Å². The molecule has 0 saturated carbocycles. The quantitative estimate of drug-likeness (QED) is 0.0628. The molecular formula is C32H40O7. The summed E-state index contributed by atoms with van der Waals surface area (Å²) in [6.07, 6.45) is 6.87. The third kappa shape index (κ3) is 10.7. The average Bonchev–Trinajstić information content (AvgIpc) is 3.79. The lowest BCUT2D eigenvalue weighted by molar-refractivity contribution is -0.0137. The van der Waals surface area contributed by atoms with E-state index in [1.807, 2.05) is 68.5 Å². The van der Waals surface area contributed by atoms with Crippen LogP contribution in [0.25, 0.3) is 0 Å². The van der Waals surface area contributed by atoms with Gasteiger partial charge in [-0.15, -0.1) is 6.58 Å². The molecule has 39 heavy (non-hydrogen) atoms. The first-order valence-electron chi connectivity index (χ1n) is 13.2. The van der Waals surface area contributed by atoms with E-state index in [0.717, 1.165) is 29.1 Å². The lowest BCUT2D eigenvalue weighted by Gasteiger charge is -2.20. The Kier molecular flexibility index (Phi) is 12.8. The number of allylic oxidation sites excluding steroid dienone is 4. The zero-order valence-corrected chi connectivity index (χ0v) is 22.9. The summed E-state index contributed by atoms with van der Waals surface area (Å²) in [6, 6.07) is 15.9. The van der Waals surface area contributed by atoms with Crippen LogP contribution < -0.4 is 9.47 Å². The molecule has 1 fully saturated rings. The molecule has 7 heteroatoms. The van der Waals surface area contributed by atoms with Gasteiger partial charge in [0.25, 0.3) is 0 Å². The van der Waals surface area contributed by atoms with Crippen LogP contribution in [-0.2, 0) is 18.9 Å². The molecule has 0 spiro atoms. The highest BCUT2D eigenvalue weighted by atomic mass is 16.7. The van der Waals surface area contributed by atoms with E-state index >= 15 is 0 Å². The van der Waals surface area contributed by atoms with Gasteiger partial charge in [0.15, 0.2) is 6.79 Å². The van der Waals surface area contributed by atoms with Crippen LogP contribution in [0, 0.1) is 0 Å². The fourth-order valence-corrected chi connectivity index (χ4v) is 3.72. The predicted octanol–water partition coefficient (Wildman–Crippen LogP) is 5.57. The van der Waals surface area contributed by atoms with Crippen molar-refractivity contribution in [3.8, 4) is 11.5 Å². The van der Waals surface area contributed by atoms with Gasteiger partial charge in [-0.2, -0.15) is 0 Å². The van der Waals surface area contributed by atoms with Crippen LogP contribution >= 0.6 is 0 Å². The molecule has 0 amide bonds. The van der Waals surface area contributed by atoms with E-state index in [1.54, 1.807) is 6.08 Å². The van der Waals surface area contributed by atoms with Crippen molar-refractivity contribution >= 4 is 0 Å². The van der Waals surface area contributed by atoms with Crippen LogP contribution in [0.5, 0.6) is 11.5 Å². The Hall–Kier alpha value is -3.36. The Morgan fingerprint density at radius 1 is 1.00 bits per heavy atom. The minimum atomic E-state index is -0.722. The standard InChI is InChI=1S/C32H40O7/c1-5-18-35-19-27(33)20-36-29-14-9-25(10-15-29)32(24(4)8-13-28(6-2)39-23-34-7-3)26-11-16-30(17-12-26)37-21-31-22-38-31/h5-6,8-17,27,31-33H,1,4,7,18-23H2,2-3H3/b13-8-,28-6+. The largest absolute Gasteiger partial charge is 0.491 e. The molecule has 0 radical (unpaired) electrons. The Morgan fingerprint density at radius 3 is 2.21 bits per heavy atom. The van der Waals surface area contributed by atoms with E-state index in [0.29, 0.717) is 31.3 Å². The molecule has 1 aliphatic rings. The molecule has 1 saturated heterocycles. The average molecular weight is 537 g/mol. The first-order chi connectivity index (χ1) is 19.0. The van der Waals surface area contributed by atoms with Gasteiger partial charge in [0.1, 0.15) is 42.7 Å². The van der Waals surface area contributed by atoms with Crippen LogP contribution in [0.4, 0.5) is 0 Å². The minimum absolute atomic E-state index is 0.112. The fourth-order valence-electron chi connectivity index (χ4n) is 3.72. The van der Waals surface area contributed by atoms with E-state index in [2.05, 4.69) is 25.3 Å². The number of epoxide rings is 1. The summed E-state index contributed by atoms with van der Waals surface area (Å²) in [7, 11) is 0. The summed E-state index contributed by atoms with van der Waals surface area (Å²) >= 11 is 0. The second-order valence-electron chi connectivity index (χ2n) is 8.98. The van der Waals surface area contributed by atoms with Crippen LogP contribution in [0.3, 0.4) is 0 Å². The van der Waals surface area contributed by atoms with Gasteiger partial charge in [-0.3, -0.25) is 0 Å². The highest BCUT2D eigenvalue weighted by Crippen LogP contribution is 2.34. The molecule has 0 bridgehead atoms. The summed E-state index contributed by atoms with van der Waals surface area (Å²) in [4.78, 5) is 0. The molecule has 7 nitrogen and oxygen atoms in total. The van der Waals surface area contributed by atoms with Crippen molar-refractivity contribution in [2.24, 2.45) is 0 Å². The Balaban J connectivity index is 1.73. The van der Waals surface area contributed by atoms with Crippen molar-refractivity contribution in [2.45, 2.75) is 32.0 Å². The second kappa shape index (κ2) is 16.6. The first kappa shape index (κ1) is 30.2. The molecule has 3 atom stereocenters. The van der Waals surface area contributed by atoms with Gasteiger partial charge in [-0.05, 0) is 67.0 Å². The maximum absolute atomic E-state index is 10.0. The van der Waals surface area contributed by atoms with Crippen molar-refractivity contribution < 1.29 is 33.5 Å². The lowest BCUT2D eigenvalue weighted by Crippen LogP contribution is -2.23. The monoisotopic (exact) mass is 536 g/mol. The molecular weight excluding hydrogens is 496 g/mol. The van der Waals surface area contributed by atoms with E-state index < -0.39 is 6.10 Å². The molecule has 210 valence electrons. The van der Waals surface area contributed by atoms with Gasteiger partial charge in [0, 0.05) is 12.5 Å². The van der Waals surface area contributed by atoms with Crippen molar-refractivity contribution in [3.05, 3.63) is 108 Å². The number of rotatable bonds is 19. The maximum atomic E-state index is 10.0. The summed E-state index contributed by atoms with van der Waals surface area (Å²) < 4.78 is 33.0. The van der Waals surface area contributed by atoms with E-state index in [1.165, 1.54) is 0 Å². The Labute approximate surface area is 231 Å².